The number of thiophene rings is 1. The van der Waals surface area contributed by atoms with Gasteiger partial charge in [-0.05, 0) is 13.8 Å². The first kappa shape index (κ1) is 19.0. The fourth-order valence-corrected chi connectivity index (χ4v) is 5.57. The number of aromatic carboxylic acids is 1. The maximum absolute atomic E-state index is 12.8. The van der Waals surface area contributed by atoms with Gasteiger partial charge in [-0.15, -0.1) is 11.3 Å². The minimum atomic E-state index is -3.58. The van der Waals surface area contributed by atoms with Crippen molar-refractivity contribution in [1.82, 2.24) is 18.6 Å². The summed E-state index contributed by atoms with van der Waals surface area (Å²) in [5.41, 5.74) is 0.760. The zero-order chi connectivity index (χ0) is 19.1. The van der Waals surface area contributed by atoms with Crippen molar-refractivity contribution in [3.8, 4) is 0 Å². The zero-order valence-corrected chi connectivity index (χ0v) is 16.7. The number of piperazine rings is 1. The molecule has 0 radical (unpaired) electrons. The molecule has 1 saturated heterocycles. The number of carbonyl (C=O) groups is 1. The quantitative estimate of drug-likeness (QED) is 0.771. The number of hydrogen-bond acceptors (Lipinski definition) is 5. The second-order valence-corrected chi connectivity index (χ2v) is 9.85. The van der Waals surface area contributed by atoms with E-state index < -0.39 is 16.0 Å². The number of carboxylic acids is 1. The van der Waals surface area contributed by atoms with Gasteiger partial charge in [-0.25, -0.2) is 13.2 Å². The van der Waals surface area contributed by atoms with Crippen molar-refractivity contribution in [2.75, 3.05) is 33.2 Å². The minimum absolute atomic E-state index is 0.202. The summed E-state index contributed by atoms with van der Waals surface area (Å²) in [6.07, 6.45) is 2.93. The molecule has 0 saturated carbocycles. The number of carboxylic acid groups (broad SMARTS) is 1. The number of aromatic nitrogens is 2. The van der Waals surface area contributed by atoms with E-state index in [0.29, 0.717) is 42.1 Å². The first-order valence-corrected chi connectivity index (χ1v) is 10.6. The summed E-state index contributed by atoms with van der Waals surface area (Å²) in [4.78, 5) is 13.0. The van der Waals surface area contributed by atoms with E-state index in [1.54, 1.807) is 10.9 Å². The van der Waals surface area contributed by atoms with Gasteiger partial charge >= 0.3 is 5.97 Å². The Morgan fingerprint density at radius 2 is 2.04 bits per heavy atom. The zero-order valence-electron chi connectivity index (χ0n) is 15.0. The molecule has 10 heteroatoms. The molecule has 2 aromatic heterocycles. The van der Waals surface area contributed by atoms with Crippen molar-refractivity contribution < 1.29 is 18.3 Å². The van der Waals surface area contributed by atoms with Crippen LogP contribution in [-0.4, -0.2) is 66.8 Å². The lowest BCUT2D eigenvalue weighted by atomic mass is 10.2. The second-order valence-electron chi connectivity index (χ2n) is 6.66. The molecular formula is C16H23N4O4S2+. The average Bonchev–Trinajstić information content (AvgIpc) is 3.22. The van der Waals surface area contributed by atoms with Crippen LogP contribution >= 0.6 is 11.3 Å². The van der Waals surface area contributed by atoms with Crippen LogP contribution in [0.5, 0.6) is 0 Å². The molecule has 0 aromatic carbocycles. The number of quaternary nitrogens is 1. The Labute approximate surface area is 156 Å². The molecule has 1 aliphatic rings. The van der Waals surface area contributed by atoms with Crippen molar-refractivity contribution in [3.63, 3.8) is 0 Å². The van der Waals surface area contributed by atoms with Crippen LogP contribution in [0.4, 0.5) is 5.69 Å². The highest BCUT2D eigenvalue weighted by Crippen LogP contribution is 2.35. The van der Waals surface area contributed by atoms with Crippen LogP contribution in [0.3, 0.4) is 0 Å². The Hall–Kier alpha value is -1.75. The third-order valence-corrected chi connectivity index (χ3v) is 7.75. The third kappa shape index (κ3) is 3.29. The maximum Gasteiger partial charge on any atom is 0.352 e. The van der Waals surface area contributed by atoms with Crippen molar-refractivity contribution in [1.29, 1.82) is 0 Å². The number of hydrogen-bond donors (Lipinski definition) is 1. The van der Waals surface area contributed by atoms with Crippen LogP contribution in [0.1, 0.15) is 21.5 Å². The molecule has 8 nitrogen and oxygen atoms in total. The van der Waals surface area contributed by atoms with Gasteiger partial charge in [0, 0.05) is 23.7 Å². The first-order valence-electron chi connectivity index (χ1n) is 8.39. The third-order valence-electron chi connectivity index (χ3n) is 4.87. The summed E-state index contributed by atoms with van der Waals surface area (Å²) in [6.45, 7) is 6.12. The van der Waals surface area contributed by atoms with Crippen molar-refractivity contribution >= 4 is 33.0 Å². The first-order chi connectivity index (χ1) is 12.2. The highest BCUT2D eigenvalue weighted by molar-refractivity contribution is 7.89. The highest BCUT2D eigenvalue weighted by atomic mass is 32.2. The van der Waals surface area contributed by atoms with Crippen molar-refractivity contribution in [2.45, 2.75) is 25.3 Å². The lowest BCUT2D eigenvalue weighted by molar-refractivity contribution is 0.0699. The summed E-state index contributed by atoms with van der Waals surface area (Å²) in [6, 6.07) is 1.91. The normalized spacial score (nSPS) is 18.1. The Balaban J connectivity index is 1.81. The fraction of sp³-hybridized carbons (Fsp3) is 0.500. The predicted molar refractivity (Wildman–Crippen MR) is 100 cm³/mol. The molecule has 1 fully saturated rings. The Kier molecular flexibility index (Phi) is 4.95. The molecule has 0 atom stereocenters. The smallest absolute Gasteiger partial charge is 0.352 e. The highest BCUT2D eigenvalue weighted by Gasteiger charge is 2.39. The molecule has 3 rings (SSSR count). The molecule has 142 valence electrons. The van der Waals surface area contributed by atoms with Crippen LogP contribution in [0.2, 0.25) is 0 Å². The summed E-state index contributed by atoms with van der Waals surface area (Å²) in [5.74, 6) is -0.931. The average molecular weight is 400 g/mol. The van der Waals surface area contributed by atoms with Gasteiger partial charge < -0.3 is 5.11 Å². The molecule has 1 aliphatic heterocycles. The summed E-state index contributed by atoms with van der Waals surface area (Å²) in [7, 11) is -1.61. The number of nitrogens with zero attached hydrogens (tertiary/aromatic N) is 4. The van der Waals surface area contributed by atoms with E-state index in [4.69, 9.17) is 0 Å². The van der Waals surface area contributed by atoms with E-state index in [9.17, 15) is 18.3 Å². The number of aryl methyl sites for hydroxylation is 2. The van der Waals surface area contributed by atoms with E-state index in [1.807, 2.05) is 27.0 Å². The van der Waals surface area contributed by atoms with Gasteiger partial charge in [-0.3, -0.25) is 9.16 Å². The number of rotatable bonds is 5. The van der Waals surface area contributed by atoms with Gasteiger partial charge in [0.05, 0.1) is 39.4 Å². The predicted octanol–water partition coefficient (Wildman–Crippen LogP) is 1.61. The monoisotopic (exact) mass is 399 g/mol. The number of sulfonamides is 1. The Morgan fingerprint density at radius 3 is 2.58 bits per heavy atom. The molecule has 0 bridgehead atoms. The molecule has 0 unspecified atom stereocenters. The van der Waals surface area contributed by atoms with E-state index in [2.05, 4.69) is 5.10 Å². The van der Waals surface area contributed by atoms with Gasteiger partial charge in [0.2, 0.25) is 10.0 Å². The van der Waals surface area contributed by atoms with E-state index in [1.165, 1.54) is 21.8 Å². The summed E-state index contributed by atoms with van der Waals surface area (Å²) >= 11 is 1.27. The summed E-state index contributed by atoms with van der Waals surface area (Å²) < 4.78 is 29.1. The molecule has 0 amide bonds. The van der Waals surface area contributed by atoms with Gasteiger partial charge in [0.25, 0.3) is 0 Å². The molecule has 26 heavy (non-hydrogen) atoms. The van der Waals surface area contributed by atoms with Crippen molar-refractivity contribution in [3.05, 3.63) is 28.2 Å². The van der Waals surface area contributed by atoms with Gasteiger partial charge in [-0.1, -0.05) is 0 Å². The second kappa shape index (κ2) is 6.76. The number of likely N-dealkylation sites (N-methyl/N-ethyl adjacent to an activating group) is 1. The van der Waals surface area contributed by atoms with E-state index in [-0.39, 0.29) is 4.90 Å². The summed E-state index contributed by atoms with van der Waals surface area (Å²) in [5, 5.41) is 13.5. The lowest BCUT2D eigenvalue weighted by Crippen LogP contribution is -2.59. The van der Waals surface area contributed by atoms with Crippen LogP contribution in [0, 0.1) is 6.92 Å². The van der Waals surface area contributed by atoms with Gasteiger partial charge in [0.15, 0.2) is 10.6 Å². The standard InChI is InChI=1S/C16H22N4O4S2/c1-4-18-11-13(10-17-18)26(23,24)19-5-7-20(3,8-6-19)14-9-12(2)25-15(14)16(21)22/h9-11H,4-8H2,1-3H3/p+1. The van der Waals surface area contributed by atoms with Crippen LogP contribution < -0.4 is 4.48 Å². The fourth-order valence-electron chi connectivity index (χ4n) is 3.22. The molecule has 0 spiro atoms. The van der Waals surface area contributed by atoms with E-state index in [0.717, 1.165) is 10.6 Å². The minimum Gasteiger partial charge on any atom is -0.477 e. The SMILES string of the molecule is CCn1cc(S(=O)(=O)N2CC[N+](C)(c3cc(C)sc3C(=O)O)CC2)cn1. The molecule has 2 aromatic rings. The maximum atomic E-state index is 12.8. The Bertz CT molecular complexity index is 924. The van der Waals surface area contributed by atoms with E-state index >= 15 is 0 Å². The molecule has 1 N–H and O–H groups in total. The van der Waals surface area contributed by atoms with Gasteiger partial charge in [0.1, 0.15) is 4.90 Å². The molecule has 0 aliphatic carbocycles. The van der Waals surface area contributed by atoms with Crippen LogP contribution in [-0.2, 0) is 16.6 Å². The molecular weight excluding hydrogens is 376 g/mol. The molecule has 3 heterocycles. The lowest BCUT2D eigenvalue weighted by Gasteiger charge is -2.40. The Morgan fingerprint density at radius 1 is 1.38 bits per heavy atom. The van der Waals surface area contributed by atoms with Crippen molar-refractivity contribution in [2.24, 2.45) is 0 Å². The largest absolute Gasteiger partial charge is 0.477 e. The van der Waals surface area contributed by atoms with Gasteiger partial charge in [-0.2, -0.15) is 9.40 Å². The van der Waals surface area contributed by atoms with Crippen LogP contribution in [0.25, 0.3) is 0 Å². The van der Waals surface area contributed by atoms with Crippen LogP contribution in [0.15, 0.2) is 23.4 Å². The topological polar surface area (TPSA) is 92.5 Å².